The number of aryl methyl sites for hydroxylation is 1. The minimum Gasteiger partial charge on any atom is -0.469 e. The third-order valence-corrected chi connectivity index (χ3v) is 2.52. The van der Waals surface area contributed by atoms with Crippen LogP contribution in [0.15, 0.2) is 18.2 Å². The Balaban J connectivity index is 3.05. The van der Waals surface area contributed by atoms with Crippen LogP contribution in [0.25, 0.3) is 0 Å². The number of benzene rings is 1. The number of ether oxygens (including phenoxy) is 1. The van der Waals surface area contributed by atoms with Crippen LogP contribution in [0.2, 0.25) is 5.02 Å². The predicted octanol–water partition coefficient (Wildman–Crippen LogP) is 2.92. The van der Waals surface area contributed by atoms with Crippen molar-refractivity contribution in [1.29, 1.82) is 0 Å². The van der Waals surface area contributed by atoms with E-state index in [1.807, 2.05) is 19.1 Å². The standard InChI is InChI=1S/C11H13ClO2/c1-7-4-5-10(12)9(6-7)8(2)11(13)14-3/h4-6,8H,1-3H3. The number of hydrogen-bond donors (Lipinski definition) is 0. The van der Waals surface area contributed by atoms with Crippen LogP contribution in [0.3, 0.4) is 0 Å². The van der Waals surface area contributed by atoms with E-state index < -0.39 is 0 Å². The summed E-state index contributed by atoms with van der Waals surface area (Å²) in [5, 5.41) is 0.605. The number of carbonyl (C=O) groups is 1. The first-order valence-electron chi connectivity index (χ1n) is 4.40. The predicted molar refractivity (Wildman–Crippen MR) is 56.6 cm³/mol. The molecule has 0 fully saturated rings. The zero-order chi connectivity index (χ0) is 10.7. The van der Waals surface area contributed by atoms with Crippen molar-refractivity contribution in [2.75, 3.05) is 7.11 Å². The van der Waals surface area contributed by atoms with Crippen molar-refractivity contribution in [3.63, 3.8) is 0 Å². The third kappa shape index (κ3) is 2.26. The van der Waals surface area contributed by atoms with Crippen LogP contribution in [0.4, 0.5) is 0 Å². The summed E-state index contributed by atoms with van der Waals surface area (Å²) < 4.78 is 4.66. The Labute approximate surface area is 88.8 Å². The lowest BCUT2D eigenvalue weighted by Crippen LogP contribution is -2.11. The van der Waals surface area contributed by atoms with Crippen LogP contribution in [0.1, 0.15) is 24.0 Å². The Kier molecular flexibility index (Phi) is 3.53. The van der Waals surface area contributed by atoms with Gasteiger partial charge in [0.1, 0.15) is 0 Å². The van der Waals surface area contributed by atoms with Gasteiger partial charge in [-0.2, -0.15) is 0 Å². The molecule has 1 aromatic rings. The molecule has 0 aliphatic heterocycles. The molecule has 0 saturated carbocycles. The lowest BCUT2D eigenvalue weighted by atomic mass is 9.99. The molecular weight excluding hydrogens is 200 g/mol. The normalized spacial score (nSPS) is 12.3. The lowest BCUT2D eigenvalue weighted by molar-refractivity contribution is -0.141. The maximum Gasteiger partial charge on any atom is 0.312 e. The maximum absolute atomic E-state index is 11.3. The van der Waals surface area contributed by atoms with Gasteiger partial charge in [0.15, 0.2) is 0 Å². The van der Waals surface area contributed by atoms with Crippen molar-refractivity contribution in [3.05, 3.63) is 34.3 Å². The van der Waals surface area contributed by atoms with Crippen LogP contribution in [0, 0.1) is 6.92 Å². The summed E-state index contributed by atoms with van der Waals surface area (Å²) in [5.41, 5.74) is 1.90. The highest BCUT2D eigenvalue weighted by atomic mass is 35.5. The molecule has 3 heteroatoms. The average molecular weight is 213 g/mol. The molecule has 76 valence electrons. The zero-order valence-corrected chi connectivity index (χ0v) is 9.26. The van der Waals surface area contributed by atoms with E-state index in [-0.39, 0.29) is 11.9 Å². The fraction of sp³-hybridized carbons (Fsp3) is 0.364. The second kappa shape index (κ2) is 4.47. The van der Waals surface area contributed by atoms with Crippen LogP contribution in [-0.4, -0.2) is 13.1 Å². The number of carbonyl (C=O) groups excluding carboxylic acids is 1. The molecule has 0 aliphatic rings. The molecule has 0 bridgehead atoms. The van der Waals surface area contributed by atoms with Gasteiger partial charge in [0.05, 0.1) is 13.0 Å². The van der Waals surface area contributed by atoms with Crippen molar-refractivity contribution in [2.45, 2.75) is 19.8 Å². The van der Waals surface area contributed by atoms with Gasteiger partial charge in [-0.25, -0.2) is 0 Å². The molecule has 0 aliphatic carbocycles. The van der Waals surface area contributed by atoms with E-state index >= 15 is 0 Å². The van der Waals surface area contributed by atoms with Crippen molar-refractivity contribution < 1.29 is 9.53 Å². The number of hydrogen-bond acceptors (Lipinski definition) is 2. The minimum absolute atomic E-state index is 0.266. The summed E-state index contributed by atoms with van der Waals surface area (Å²) >= 11 is 5.98. The highest BCUT2D eigenvalue weighted by molar-refractivity contribution is 6.31. The van der Waals surface area contributed by atoms with Gasteiger partial charge in [-0.3, -0.25) is 4.79 Å². The summed E-state index contributed by atoms with van der Waals surface area (Å²) in [6.07, 6.45) is 0. The molecule has 0 spiro atoms. The molecule has 2 nitrogen and oxygen atoms in total. The van der Waals surface area contributed by atoms with Gasteiger partial charge in [-0.15, -0.1) is 0 Å². The lowest BCUT2D eigenvalue weighted by Gasteiger charge is -2.11. The fourth-order valence-electron chi connectivity index (χ4n) is 1.30. The molecule has 0 radical (unpaired) electrons. The number of rotatable bonds is 2. The second-order valence-electron chi connectivity index (χ2n) is 3.27. The van der Waals surface area contributed by atoms with Crippen LogP contribution in [-0.2, 0) is 9.53 Å². The van der Waals surface area contributed by atoms with E-state index in [1.165, 1.54) is 7.11 Å². The largest absolute Gasteiger partial charge is 0.469 e. The van der Waals surface area contributed by atoms with Crippen molar-refractivity contribution >= 4 is 17.6 Å². The Bertz CT molecular complexity index is 347. The monoisotopic (exact) mass is 212 g/mol. The van der Waals surface area contributed by atoms with E-state index in [1.54, 1.807) is 13.0 Å². The van der Waals surface area contributed by atoms with Gasteiger partial charge in [-0.05, 0) is 25.5 Å². The summed E-state index contributed by atoms with van der Waals surface area (Å²) in [6, 6.07) is 5.62. The third-order valence-electron chi connectivity index (χ3n) is 2.17. The molecule has 0 aromatic heterocycles. The second-order valence-corrected chi connectivity index (χ2v) is 3.68. The van der Waals surface area contributed by atoms with Crippen molar-refractivity contribution in [2.24, 2.45) is 0 Å². The van der Waals surface area contributed by atoms with E-state index in [4.69, 9.17) is 11.6 Å². The van der Waals surface area contributed by atoms with Gasteiger partial charge in [-0.1, -0.05) is 29.3 Å². The molecule has 0 amide bonds. The van der Waals surface area contributed by atoms with E-state index in [0.717, 1.165) is 11.1 Å². The smallest absolute Gasteiger partial charge is 0.312 e. The van der Waals surface area contributed by atoms with Crippen LogP contribution >= 0.6 is 11.6 Å². The summed E-state index contributed by atoms with van der Waals surface area (Å²) in [6.45, 7) is 3.75. The van der Waals surface area contributed by atoms with Crippen molar-refractivity contribution in [3.8, 4) is 0 Å². The number of methoxy groups -OCH3 is 1. The van der Waals surface area contributed by atoms with Gasteiger partial charge >= 0.3 is 5.97 Å². The van der Waals surface area contributed by atoms with Gasteiger partial charge in [0.25, 0.3) is 0 Å². The Morgan fingerprint density at radius 1 is 1.50 bits per heavy atom. The zero-order valence-electron chi connectivity index (χ0n) is 8.50. The summed E-state index contributed by atoms with van der Waals surface area (Å²) in [4.78, 5) is 11.3. The Morgan fingerprint density at radius 3 is 2.71 bits per heavy atom. The van der Waals surface area contributed by atoms with Gasteiger partial charge < -0.3 is 4.74 Å². The molecule has 0 heterocycles. The first kappa shape index (κ1) is 11.1. The molecule has 1 unspecified atom stereocenters. The van der Waals surface area contributed by atoms with Crippen LogP contribution in [0.5, 0.6) is 0 Å². The van der Waals surface area contributed by atoms with Crippen molar-refractivity contribution in [1.82, 2.24) is 0 Å². The van der Waals surface area contributed by atoms with E-state index in [9.17, 15) is 4.79 Å². The molecule has 1 aromatic carbocycles. The summed E-state index contributed by atoms with van der Waals surface area (Å²) in [5.74, 6) is -0.579. The topological polar surface area (TPSA) is 26.3 Å². The van der Waals surface area contributed by atoms with Gasteiger partial charge in [0.2, 0.25) is 0 Å². The van der Waals surface area contributed by atoms with E-state index in [2.05, 4.69) is 4.74 Å². The highest BCUT2D eigenvalue weighted by Crippen LogP contribution is 2.26. The summed E-state index contributed by atoms with van der Waals surface area (Å²) in [7, 11) is 1.38. The average Bonchev–Trinajstić information content (AvgIpc) is 2.19. The van der Waals surface area contributed by atoms with Crippen LogP contribution < -0.4 is 0 Å². The minimum atomic E-state index is -0.313. The molecule has 0 N–H and O–H groups in total. The number of esters is 1. The highest BCUT2D eigenvalue weighted by Gasteiger charge is 2.18. The quantitative estimate of drug-likeness (QED) is 0.705. The van der Waals surface area contributed by atoms with Gasteiger partial charge in [0, 0.05) is 5.02 Å². The molecule has 1 atom stereocenters. The molecule has 1 rings (SSSR count). The Hall–Kier alpha value is -1.02. The molecule has 0 saturated heterocycles. The first-order valence-corrected chi connectivity index (χ1v) is 4.78. The molecule has 14 heavy (non-hydrogen) atoms. The number of halogens is 1. The SMILES string of the molecule is COC(=O)C(C)c1cc(C)ccc1Cl. The fourth-order valence-corrected chi connectivity index (χ4v) is 1.58. The maximum atomic E-state index is 11.3. The first-order chi connectivity index (χ1) is 6.56. The Morgan fingerprint density at radius 2 is 2.14 bits per heavy atom. The van der Waals surface area contributed by atoms with E-state index in [0.29, 0.717) is 5.02 Å². The molecular formula is C11H13ClO2.